The van der Waals surface area contributed by atoms with E-state index in [1.54, 1.807) is 32.8 Å². The standard InChI is InChI=1S/C15H20N4O4/c1-20-7-15-4-6-22-11(12(15)21-2)14(23-15)19-8-18-10-9(16)3-5-17-13(10)19/h3,5,8,11-12,14H,4,6-7H2,1-2H3,(H2,16,17)/t11?,12?,14-,15-/m1/s1. The van der Waals surface area contributed by atoms with Crippen LogP contribution in [-0.2, 0) is 18.9 Å². The van der Waals surface area contributed by atoms with Crippen LogP contribution in [0, 0.1) is 0 Å². The third-order valence-corrected chi connectivity index (χ3v) is 4.70. The zero-order chi connectivity index (χ0) is 16.0. The van der Waals surface area contributed by atoms with Crippen molar-refractivity contribution in [2.24, 2.45) is 0 Å². The molecular formula is C15H20N4O4. The van der Waals surface area contributed by atoms with Crippen molar-refractivity contribution in [2.75, 3.05) is 33.2 Å². The number of nitrogen functional groups attached to an aromatic ring is 1. The van der Waals surface area contributed by atoms with Crippen LogP contribution in [0.25, 0.3) is 11.2 Å². The average molecular weight is 320 g/mol. The molecule has 0 radical (unpaired) electrons. The van der Waals surface area contributed by atoms with Crippen molar-refractivity contribution in [3.05, 3.63) is 18.6 Å². The molecule has 0 saturated carbocycles. The van der Waals surface area contributed by atoms with Gasteiger partial charge in [0.05, 0.1) is 25.2 Å². The Balaban J connectivity index is 1.78. The van der Waals surface area contributed by atoms with Crippen molar-refractivity contribution in [3.8, 4) is 0 Å². The number of methoxy groups -OCH3 is 2. The lowest BCUT2D eigenvalue weighted by Gasteiger charge is -2.37. The van der Waals surface area contributed by atoms with E-state index >= 15 is 0 Å². The third kappa shape index (κ3) is 2.06. The summed E-state index contributed by atoms with van der Waals surface area (Å²) < 4.78 is 25.3. The minimum Gasteiger partial charge on any atom is -0.397 e. The van der Waals surface area contributed by atoms with Crippen molar-refractivity contribution in [1.82, 2.24) is 14.5 Å². The summed E-state index contributed by atoms with van der Waals surface area (Å²) in [6, 6.07) is 1.73. The summed E-state index contributed by atoms with van der Waals surface area (Å²) in [5, 5.41) is 0. The number of aromatic nitrogens is 3. The van der Waals surface area contributed by atoms with Crippen LogP contribution >= 0.6 is 0 Å². The van der Waals surface area contributed by atoms with Gasteiger partial charge in [0, 0.05) is 26.8 Å². The highest BCUT2D eigenvalue weighted by Gasteiger charge is 2.59. The monoisotopic (exact) mass is 320 g/mol. The van der Waals surface area contributed by atoms with E-state index in [9.17, 15) is 0 Å². The predicted molar refractivity (Wildman–Crippen MR) is 81.8 cm³/mol. The lowest BCUT2D eigenvalue weighted by Crippen LogP contribution is -2.52. The van der Waals surface area contributed by atoms with Gasteiger partial charge in [-0.2, -0.15) is 0 Å². The lowest BCUT2D eigenvalue weighted by atomic mass is 9.90. The molecule has 0 spiro atoms. The molecule has 23 heavy (non-hydrogen) atoms. The summed E-state index contributed by atoms with van der Waals surface area (Å²) in [5.74, 6) is 0. The van der Waals surface area contributed by atoms with E-state index in [1.807, 2.05) is 4.57 Å². The van der Waals surface area contributed by atoms with Crippen LogP contribution in [0.3, 0.4) is 0 Å². The minimum absolute atomic E-state index is 0.209. The number of rotatable bonds is 4. The van der Waals surface area contributed by atoms with Gasteiger partial charge in [0.2, 0.25) is 0 Å². The van der Waals surface area contributed by atoms with Crippen LogP contribution in [0.1, 0.15) is 12.6 Å². The van der Waals surface area contributed by atoms with Gasteiger partial charge in [-0.3, -0.25) is 4.57 Å². The van der Waals surface area contributed by atoms with E-state index in [2.05, 4.69) is 9.97 Å². The third-order valence-electron chi connectivity index (χ3n) is 4.70. The fourth-order valence-electron chi connectivity index (χ4n) is 3.70. The van der Waals surface area contributed by atoms with Gasteiger partial charge < -0.3 is 24.7 Å². The second-order valence-corrected chi connectivity index (χ2v) is 5.97. The molecule has 2 saturated heterocycles. The molecule has 0 aromatic carbocycles. The number of pyridine rings is 1. The fourth-order valence-corrected chi connectivity index (χ4v) is 3.70. The van der Waals surface area contributed by atoms with Crippen molar-refractivity contribution >= 4 is 16.9 Å². The topological polar surface area (TPSA) is 93.7 Å². The Morgan fingerprint density at radius 2 is 2.30 bits per heavy atom. The summed E-state index contributed by atoms with van der Waals surface area (Å²) in [4.78, 5) is 8.76. The van der Waals surface area contributed by atoms with Crippen LogP contribution in [0.4, 0.5) is 5.69 Å². The van der Waals surface area contributed by atoms with Crippen LogP contribution in [-0.4, -0.2) is 59.8 Å². The molecule has 2 aromatic rings. The molecule has 2 aromatic heterocycles. The molecule has 8 nitrogen and oxygen atoms in total. The SMILES string of the molecule is COC[C@]12CCOC(C1OC)[C@H](n1cnc3c(N)ccnc31)O2. The molecule has 0 amide bonds. The number of imidazole rings is 1. The summed E-state index contributed by atoms with van der Waals surface area (Å²) in [6.45, 7) is 1.05. The molecule has 2 fully saturated rings. The average Bonchev–Trinajstić information content (AvgIpc) is 3.04. The largest absolute Gasteiger partial charge is 0.397 e. The molecule has 124 valence electrons. The molecule has 2 aliphatic rings. The Hall–Kier alpha value is -1.74. The first kappa shape index (κ1) is 14.8. The molecule has 4 rings (SSSR count). The second-order valence-electron chi connectivity index (χ2n) is 5.97. The first-order chi connectivity index (χ1) is 11.2. The molecule has 2 aliphatic heterocycles. The molecular weight excluding hydrogens is 300 g/mol. The highest BCUT2D eigenvalue weighted by atomic mass is 16.6. The van der Waals surface area contributed by atoms with E-state index in [4.69, 9.17) is 24.7 Å². The summed E-state index contributed by atoms with van der Waals surface area (Å²) in [5.41, 5.74) is 7.37. The van der Waals surface area contributed by atoms with Gasteiger partial charge >= 0.3 is 0 Å². The van der Waals surface area contributed by atoms with Gasteiger partial charge in [0.25, 0.3) is 0 Å². The second kappa shape index (κ2) is 5.41. The molecule has 8 heteroatoms. The van der Waals surface area contributed by atoms with Gasteiger partial charge in [-0.05, 0) is 6.07 Å². The zero-order valence-electron chi connectivity index (χ0n) is 13.1. The van der Waals surface area contributed by atoms with E-state index in [-0.39, 0.29) is 18.4 Å². The van der Waals surface area contributed by atoms with Crippen molar-refractivity contribution in [2.45, 2.75) is 30.5 Å². The van der Waals surface area contributed by atoms with Crippen molar-refractivity contribution < 1.29 is 18.9 Å². The molecule has 0 aliphatic carbocycles. The number of nitrogens with two attached hydrogens (primary N) is 1. The van der Waals surface area contributed by atoms with Gasteiger partial charge in [0.1, 0.15) is 23.3 Å². The highest BCUT2D eigenvalue weighted by molar-refractivity contribution is 5.83. The van der Waals surface area contributed by atoms with Crippen LogP contribution < -0.4 is 5.73 Å². The van der Waals surface area contributed by atoms with Crippen LogP contribution in [0.5, 0.6) is 0 Å². The molecule has 2 N–H and O–H groups in total. The van der Waals surface area contributed by atoms with Crippen LogP contribution in [0.15, 0.2) is 18.6 Å². The van der Waals surface area contributed by atoms with Gasteiger partial charge in [0.15, 0.2) is 11.9 Å². The smallest absolute Gasteiger partial charge is 0.166 e. The predicted octanol–water partition coefficient (Wildman–Crippen LogP) is 0.731. The summed E-state index contributed by atoms with van der Waals surface area (Å²) in [6.07, 6.45) is 3.24. The number of hydrogen-bond donors (Lipinski definition) is 1. The summed E-state index contributed by atoms with van der Waals surface area (Å²) >= 11 is 0. The maximum atomic E-state index is 6.38. The Morgan fingerprint density at radius 1 is 1.43 bits per heavy atom. The van der Waals surface area contributed by atoms with Gasteiger partial charge in [-0.15, -0.1) is 0 Å². The number of anilines is 1. The Labute approximate surface area is 133 Å². The van der Waals surface area contributed by atoms with Crippen molar-refractivity contribution in [3.63, 3.8) is 0 Å². The number of hydrogen-bond acceptors (Lipinski definition) is 7. The van der Waals surface area contributed by atoms with Gasteiger partial charge in [-0.25, -0.2) is 9.97 Å². The Morgan fingerprint density at radius 3 is 3.09 bits per heavy atom. The normalized spacial score (nSPS) is 33.4. The van der Waals surface area contributed by atoms with E-state index in [0.717, 1.165) is 0 Å². The maximum absolute atomic E-state index is 6.38. The Kier molecular flexibility index (Phi) is 3.49. The zero-order valence-corrected chi connectivity index (χ0v) is 13.1. The quantitative estimate of drug-likeness (QED) is 0.887. The summed E-state index contributed by atoms with van der Waals surface area (Å²) in [7, 11) is 3.34. The molecule has 2 bridgehead atoms. The number of fused-ring (bicyclic) bond motifs is 3. The molecule has 2 unspecified atom stereocenters. The van der Waals surface area contributed by atoms with Crippen LogP contribution in [0.2, 0.25) is 0 Å². The van der Waals surface area contributed by atoms with E-state index in [1.165, 1.54) is 0 Å². The molecule has 4 atom stereocenters. The molecule has 4 heterocycles. The van der Waals surface area contributed by atoms with Gasteiger partial charge in [-0.1, -0.05) is 0 Å². The first-order valence-electron chi connectivity index (χ1n) is 7.58. The fraction of sp³-hybridized carbons (Fsp3) is 0.600. The lowest BCUT2D eigenvalue weighted by molar-refractivity contribution is -0.159. The van der Waals surface area contributed by atoms with E-state index in [0.29, 0.717) is 36.5 Å². The minimum atomic E-state index is -0.520. The maximum Gasteiger partial charge on any atom is 0.166 e. The van der Waals surface area contributed by atoms with E-state index < -0.39 is 5.60 Å². The van der Waals surface area contributed by atoms with Crippen molar-refractivity contribution in [1.29, 1.82) is 0 Å². The Bertz CT molecular complexity index is 717. The first-order valence-corrected chi connectivity index (χ1v) is 7.58. The highest BCUT2D eigenvalue weighted by Crippen LogP contribution is 2.46. The number of ether oxygens (including phenoxy) is 4. The number of nitrogens with zero attached hydrogens (tertiary/aromatic N) is 3.